The number of aliphatic hydroxyl groups excluding tert-OH is 1. The summed E-state index contributed by atoms with van der Waals surface area (Å²) in [6.07, 6.45) is -1.40. The van der Waals surface area contributed by atoms with Crippen LogP contribution in [0.2, 0.25) is 5.04 Å². The largest absolute Gasteiger partial charge is 0.402 e. The van der Waals surface area contributed by atoms with Gasteiger partial charge >= 0.3 is 7.60 Å². The summed E-state index contributed by atoms with van der Waals surface area (Å²) in [6.45, 7) is 6.37. The first-order chi connectivity index (χ1) is 23.9. The lowest BCUT2D eigenvalue weighted by atomic mass is 10.2. The number of H-pyrrole nitrogens is 1. The number of rotatable bonds is 11. The molecule has 4 atom stereocenters. The minimum atomic E-state index is -4.10. The molecule has 13 nitrogen and oxygen atoms in total. The normalized spacial score (nSPS) is 19.0. The smallest absolute Gasteiger partial charge is 0.361 e. The van der Waals surface area contributed by atoms with Gasteiger partial charge in [-0.05, 0) is 27.5 Å². The Morgan fingerprint density at radius 2 is 1.56 bits per heavy atom. The third-order valence-electron chi connectivity index (χ3n) is 9.00. The second kappa shape index (κ2) is 14.2. The Morgan fingerprint density at radius 3 is 2.10 bits per heavy atom. The second-order valence-corrected chi connectivity index (χ2v) is 19.6. The monoisotopic (exact) mass is 717 g/mol. The van der Waals surface area contributed by atoms with Crippen molar-refractivity contribution in [2.75, 3.05) is 19.5 Å². The SMILES string of the molecule is COP(=O)(OC)[C@@H](O)[C@H]1O[C@@H](n2cnc3c(=O)[nH]c(NC(=O)c4ccccc4)nc32)C[C@@H]1O[Si](c1ccccc1)(c1ccccc1)C(C)(C)C. The molecule has 3 aromatic carbocycles. The number of nitrogens with one attached hydrogen (secondary N) is 2. The molecule has 1 fully saturated rings. The quantitative estimate of drug-likeness (QED) is 0.132. The number of hydrogen-bond donors (Lipinski definition) is 3. The van der Waals surface area contributed by atoms with Crippen LogP contribution in [0.3, 0.4) is 0 Å². The van der Waals surface area contributed by atoms with E-state index in [1.165, 1.54) is 20.5 Å². The highest BCUT2D eigenvalue weighted by molar-refractivity contribution is 7.54. The molecule has 262 valence electrons. The van der Waals surface area contributed by atoms with Gasteiger partial charge in [0.15, 0.2) is 17.0 Å². The first-order valence-electron chi connectivity index (χ1n) is 16.1. The van der Waals surface area contributed by atoms with E-state index >= 15 is 0 Å². The number of imidazole rings is 1. The maximum atomic E-state index is 13.7. The van der Waals surface area contributed by atoms with Gasteiger partial charge in [0, 0.05) is 26.2 Å². The lowest BCUT2D eigenvalue weighted by Gasteiger charge is -2.45. The van der Waals surface area contributed by atoms with Crippen molar-refractivity contribution >= 4 is 49.3 Å². The summed E-state index contributed by atoms with van der Waals surface area (Å²) in [4.78, 5) is 37.4. The van der Waals surface area contributed by atoms with Gasteiger partial charge in [0.05, 0.1) is 12.4 Å². The Bertz CT molecular complexity index is 2010. The van der Waals surface area contributed by atoms with Crippen molar-refractivity contribution in [3.8, 4) is 0 Å². The summed E-state index contributed by atoms with van der Waals surface area (Å²) >= 11 is 0. The molecule has 0 bridgehead atoms. The number of fused-ring (bicyclic) bond motifs is 1. The van der Waals surface area contributed by atoms with E-state index in [0.29, 0.717) is 5.56 Å². The fourth-order valence-corrected chi connectivity index (χ4v) is 12.5. The van der Waals surface area contributed by atoms with Gasteiger partial charge in [0.1, 0.15) is 12.3 Å². The van der Waals surface area contributed by atoms with Crippen LogP contribution >= 0.6 is 7.60 Å². The van der Waals surface area contributed by atoms with Crippen molar-refractivity contribution < 1.29 is 32.7 Å². The molecule has 3 heterocycles. The van der Waals surface area contributed by atoms with Gasteiger partial charge < -0.3 is 23.3 Å². The van der Waals surface area contributed by atoms with Gasteiger partial charge in [-0.3, -0.25) is 29.0 Å². The number of aromatic nitrogens is 4. The number of amides is 1. The summed E-state index contributed by atoms with van der Waals surface area (Å²) in [5.41, 5.74) is -0.0545. The molecule has 0 saturated carbocycles. The fraction of sp³-hybridized carbons (Fsp3) is 0.314. The fourth-order valence-electron chi connectivity index (χ4n) is 6.57. The first-order valence-corrected chi connectivity index (χ1v) is 19.6. The molecular weight excluding hydrogens is 677 g/mol. The predicted octanol–water partition coefficient (Wildman–Crippen LogP) is 4.41. The van der Waals surface area contributed by atoms with Crippen LogP contribution in [0.15, 0.2) is 102 Å². The molecule has 0 aliphatic carbocycles. The summed E-state index contributed by atoms with van der Waals surface area (Å²) in [7, 11) is -4.93. The molecule has 6 rings (SSSR count). The van der Waals surface area contributed by atoms with Crippen LogP contribution < -0.4 is 21.2 Å². The van der Waals surface area contributed by atoms with E-state index < -0.39 is 56.7 Å². The Kier molecular flexibility index (Phi) is 10.1. The zero-order valence-corrected chi connectivity index (χ0v) is 30.2. The number of hydrogen-bond acceptors (Lipinski definition) is 10. The van der Waals surface area contributed by atoms with Crippen LogP contribution in [0.1, 0.15) is 43.8 Å². The number of anilines is 1. The number of ether oxygens (including phenoxy) is 1. The van der Waals surface area contributed by atoms with E-state index in [0.717, 1.165) is 10.4 Å². The van der Waals surface area contributed by atoms with Crippen LogP contribution in [-0.4, -0.2) is 71.1 Å². The van der Waals surface area contributed by atoms with E-state index in [4.69, 9.17) is 18.2 Å². The zero-order chi connectivity index (χ0) is 35.7. The molecule has 15 heteroatoms. The minimum absolute atomic E-state index is 0.0132. The Hall–Kier alpha value is -4.27. The molecule has 0 radical (unpaired) electrons. The van der Waals surface area contributed by atoms with Gasteiger partial charge in [-0.2, -0.15) is 4.98 Å². The standard InChI is InChI=1S/C35H40N5O8PSi/c1-35(2,3)50(24-17-11-7-12-18-24,25-19-13-8-14-20-25)48-26-21-27(47-29(26)33(43)49(44,45-4)46-5)40-22-36-28-30(40)37-34(39-32(28)42)38-31(41)23-15-9-6-10-16-23/h6-20,22,26-27,29,33,43H,21H2,1-5H3,(H2,37,38,39,41,42)/t26-,27+,29-,33+/m0/s1. The van der Waals surface area contributed by atoms with Gasteiger partial charge in [0.2, 0.25) is 5.95 Å². The van der Waals surface area contributed by atoms with Crippen LogP contribution in [-0.2, 0) is 22.8 Å². The average Bonchev–Trinajstić information content (AvgIpc) is 3.75. The molecule has 1 aliphatic rings. The molecule has 2 aromatic heterocycles. The van der Waals surface area contributed by atoms with Crippen molar-refractivity contribution in [3.05, 3.63) is 113 Å². The number of carbonyl (C=O) groups excluding carboxylic acids is 1. The number of aromatic amines is 1. The van der Waals surface area contributed by atoms with E-state index in [1.807, 2.05) is 60.7 Å². The van der Waals surface area contributed by atoms with Crippen molar-refractivity contribution in [2.45, 2.75) is 56.5 Å². The maximum absolute atomic E-state index is 13.7. The topological polar surface area (TPSA) is 167 Å². The number of nitrogens with zero attached hydrogens (tertiary/aromatic N) is 3. The van der Waals surface area contributed by atoms with Crippen molar-refractivity contribution in [1.29, 1.82) is 0 Å². The minimum Gasteiger partial charge on any atom is -0.402 e. The highest BCUT2D eigenvalue weighted by atomic mass is 31.2. The molecule has 1 amide bonds. The average molecular weight is 718 g/mol. The predicted molar refractivity (Wildman–Crippen MR) is 191 cm³/mol. The van der Waals surface area contributed by atoms with Gasteiger partial charge in [-0.25, -0.2) is 4.98 Å². The Labute approximate surface area is 290 Å². The molecule has 3 N–H and O–H groups in total. The third-order valence-corrected chi connectivity index (χ3v) is 16.0. The van der Waals surface area contributed by atoms with Gasteiger partial charge in [-0.1, -0.05) is 99.6 Å². The first kappa shape index (κ1) is 35.5. The number of carbonyl (C=O) groups is 1. The zero-order valence-electron chi connectivity index (χ0n) is 28.3. The molecule has 0 unspecified atom stereocenters. The Balaban J connectivity index is 1.44. The lowest BCUT2D eigenvalue weighted by molar-refractivity contribution is -0.0610. The van der Waals surface area contributed by atoms with Crippen LogP contribution in [0.25, 0.3) is 11.2 Å². The summed E-state index contributed by atoms with van der Waals surface area (Å²) in [5, 5.41) is 15.9. The summed E-state index contributed by atoms with van der Waals surface area (Å²) in [6, 6.07) is 28.4. The Morgan fingerprint density at radius 1 is 1.00 bits per heavy atom. The van der Waals surface area contributed by atoms with Gasteiger partial charge in [0.25, 0.3) is 19.8 Å². The summed E-state index contributed by atoms with van der Waals surface area (Å²) in [5.74, 6) is -2.29. The lowest BCUT2D eigenvalue weighted by Crippen LogP contribution is -2.68. The maximum Gasteiger partial charge on any atom is 0.361 e. The third kappa shape index (κ3) is 6.51. The van der Waals surface area contributed by atoms with E-state index in [9.17, 15) is 19.3 Å². The molecular formula is C35H40N5O8PSi. The van der Waals surface area contributed by atoms with E-state index in [1.54, 1.807) is 34.9 Å². The van der Waals surface area contributed by atoms with Crippen molar-refractivity contribution in [2.24, 2.45) is 0 Å². The van der Waals surface area contributed by atoms with E-state index in [-0.39, 0.29) is 23.5 Å². The summed E-state index contributed by atoms with van der Waals surface area (Å²) < 4.78 is 39.5. The number of benzene rings is 3. The van der Waals surface area contributed by atoms with Gasteiger partial charge in [-0.15, -0.1) is 0 Å². The number of aliphatic hydroxyl groups is 1. The molecule has 5 aromatic rings. The highest BCUT2D eigenvalue weighted by Crippen LogP contribution is 2.55. The van der Waals surface area contributed by atoms with Crippen LogP contribution in [0.4, 0.5) is 5.95 Å². The van der Waals surface area contributed by atoms with Crippen molar-refractivity contribution in [3.63, 3.8) is 0 Å². The molecule has 1 aliphatic heterocycles. The van der Waals surface area contributed by atoms with Crippen LogP contribution in [0.5, 0.6) is 0 Å². The van der Waals surface area contributed by atoms with Crippen LogP contribution in [0, 0.1) is 0 Å². The molecule has 50 heavy (non-hydrogen) atoms. The molecule has 1 saturated heterocycles. The molecule has 0 spiro atoms. The van der Waals surface area contributed by atoms with Crippen molar-refractivity contribution in [1.82, 2.24) is 19.5 Å². The highest BCUT2D eigenvalue weighted by Gasteiger charge is 2.57. The van der Waals surface area contributed by atoms with E-state index in [2.05, 4.69) is 41.0 Å². The second-order valence-electron chi connectivity index (χ2n) is 13.0.